The molecule has 0 bridgehead atoms. The van der Waals surface area contributed by atoms with Crippen LogP contribution in [0.3, 0.4) is 0 Å². The van der Waals surface area contributed by atoms with Crippen LogP contribution in [0.2, 0.25) is 0 Å². The Morgan fingerprint density at radius 1 is 1.50 bits per heavy atom. The Hall–Kier alpha value is -2.72. The number of nitrogens with two attached hydrogens (primary N) is 1. The van der Waals surface area contributed by atoms with Crippen molar-refractivity contribution in [2.75, 3.05) is 11.9 Å². The summed E-state index contributed by atoms with van der Waals surface area (Å²) < 4.78 is 1.35. The summed E-state index contributed by atoms with van der Waals surface area (Å²) in [5.74, 6) is 5.57. The van der Waals surface area contributed by atoms with Gasteiger partial charge in [-0.15, -0.1) is 5.10 Å². The van der Waals surface area contributed by atoms with E-state index in [4.69, 9.17) is 5.73 Å². The molecule has 1 heterocycles. The van der Waals surface area contributed by atoms with E-state index in [1.807, 2.05) is 19.1 Å². The number of carbonyl (C=O) groups excluding carboxylic acids is 1. The summed E-state index contributed by atoms with van der Waals surface area (Å²) in [4.78, 5) is 11.8. The Labute approximate surface area is 116 Å². The summed E-state index contributed by atoms with van der Waals surface area (Å²) in [7, 11) is 0. The lowest BCUT2D eigenvalue weighted by Gasteiger charge is -2.06. The molecular formula is C13H14N6O. The summed E-state index contributed by atoms with van der Waals surface area (Å²) in [6.45, 7) is 2.32. The molecule has 3 N–H and O–H groups in total. The molecule has 0 spiro atoms. The molecule has 1 amide bonds. The highest BCUT2D eigenvalue weighted by molar-refractivity contribution is 5.90. The quantitative estimate of drug-likeness (QED) is 0.761. The SMILES string of the molecule is Cc1cc(NC(=O)Cn2cnnn2)ccc1C#CCN. The fourth-order valence-electron chi connectivity index (χ4n) is 1.63. The van der Waals surface area contributed by atoms with Crippen molar-refractivity contribution in [3.8, 4) is 11.8 Å². The van der Waals surface area contributed by atoms with Crippen LogP contribution >= 0.6 is 0 Å². The highest BCUT2D eigenvalue weighted by Crippen LogP contribution is 2.14. The molecule has 0 saturated carbocycles. The number of benzene rings is 1. The fourth-order valence-corrected chi connectivity index (χ4v) is 1.63. The van der Waals surface area contributed by atoms with E-state index in [1.54, 1.807) is 6.07 Å². The van der Waals surface area contributed by atoms with E-state index in [2.05, 4.69) is 32.7 Å². The molecule has 0 aliphatic carbocycles. The van der Waals surface area contributed by atoms with Gasteiger partial charge >= 0.3 is 0 Å². The molecule has 0 atom stereocenters. The van der Waals surface area contributed by atoms with Gasteiger partial charge < -0.3 is 11.1 Å². The lowest BCUT2D eigenvalue weighted by molar-refractivity contribution is -0.116. The highest BCUT2D eigenvalue weighted by atomic mass is 16.2. The number of anilines is 1. The van der Waals surface area contributed by atoms with Gasteiger partial charge in [0.15, 0.2) is 0 Å². The fraction of sp³-hybridized carbons (Fsp3) is 0.231. The Bertz CT molecular complexity index is 653. The zero-order chi connectivity index (χ0) is 14.4. The molecule has 0 unspecified atom stereocenters. The molecule has 1 aromatic heterocycles. The van der Waals surface area contributed by atoms with E-state index in [0.717, 1.165) is 11.1 Å². The molecule has 2 aromatic rings. The topological polar surface area (TPSA) is 98.7 Å². The average Bonchev–Trinajstić information content (AvgIpc) is 2.90. The summed E-state index contributed by atoms with van der Waals surface area (Å²) in [6.07, 6.45) is 1.39. The number of hydrogen-bond acceptors (Lipinski definition) is 5. The van der Waals surface area contributed by atoms with Gasteiger partial charge in [-0.2, -0.15) is 0 Å². The van der Waals surface area contributed by atoms with Crippen LogP contribution < -0.4 is 11.1 Å². The van der Waals surface area contributed by atoms with Gasteiger partial charge in [0.05, 0.1) is 6.54 Å². The maximum atomic E-state index is 11.8. The Morgan fingerprint density at radius 3 is 3.00 bits per heavy atom. The first kappa shape index (κ1) is 13.7. The van der Waals surface area contributed by atoms with Crippen molar-refractivity contribution in [3.05, 3.63) is 35.7 Å². The minimum atomic E-state index is -0.197. The second-order valence-electron chi connectivity index (χ2n) is 4.09. The van der Waals surface area contributed by atoms with Gasteiger partial charge in [-0.05, 0) is 41.1 Å². The smallest absolute Gasteiger partial charge is 0.246 e. The van der Waals surface area contributed by atoms with Crippen LogP contribution in [0.15, 0.2) is 24.5 Å². The van der Waals surface area contributed by atoms with Crippen molar-refractivity contribution >= 4 is 11.6 Å². The van der Waals surface area contributed by atoms with Crippen molar-refractivity contribution < 1.29 is 4.79 Å². The number of tetrazole rings is 1. The van der Waals surface area contributed by atoms with E-state index in [1.165, 1.54) is 11.0 Å². The lowest BCUT2D eigenvalue weighted by atomic mass is 10.1. The van der Waals surface area contributed by atoms with Crippen LogP contribution in [0.5, 0.6) is 0 Å². The number of nitrogens with zero attached hydrogens (tertiary/aromatic N) is 4. The number of amides is 1. The van der Waals surface area contributed by atoms with Crippen molar-refractivity contribution in [1.29, 1.82) is 0 Å². The number of rotatable bonds is 3. The third-order valence-corrected chi connectivity index (χ3v) is 2.53. The van der Waals surface area contributed by atoms with Gasteiger partial charge in [0.2, 0.25) is 5.91 Å². The van der Waals surface area contributed by atoms with E-state index in [9.17, 15) is 4.79 Å². The predicted molar refractivity (Wildman–Crippen MR) is 73.6 cm³/mol. The molecule has 1 aromatic carbocycles. The number of hydrogen-bond donors (Lipinski definition) is 2. The minimum absolute atomic E-state index is 0.0702. The molecule has 0 aliphatic heterocycles. The Balaban J connectivity index is 2.03. The Morgan fingerprint density at radius 2 is 2.35 bits per heavy atom. The molecule has 0 aliphatic rings. The first-order valence-corrected chi connectivity index (χ1v) is 5.99. The zero-order valence-electron chi connectivity index (χ0n) is 11.0. The zero-order valence-corrected chi connectivity index (χ0v) is 11.0. The predicted octanol–water partition coefficient (Wildman–Crippen LogP) is -0.0696. The van der Waals surface area contributed by atoms with Crippen molar-refractivity contribution in [3.63, 3.8) is 0 Å². The molecule has 7 heteroatoms. The second-order valence-corrected chi connectivity index (χ2v) is 4.09. The summed E-state index contributed by atoms with van der Waals surface area (Å²) in [5.41, 5.74) is 7.92. The first-order chi connectivity index (χ1) is 9.69. The summed E-state index contributed by atoms with van der Waals surface area (Å²) >= 11 is 0. The molecule has 0 saturated heterocycles. The minimum Gasteiger partial charge on any atom is -0.324 e. The van der Waals surface area contributed by atoms with E-state index in [-0.39, 0.29) is 12.5 Å². The summed E-state index contributed by atoms with van der Waals surface area (Å²) in [5, 5.41) is 13.3. The molecule has 7 nitrogen and oxygen atoms in total. The lowest BCUT2D eigenvalue weighted by Crippen LogP contribution is -2.19. The van der Waals surface area contributed by atoms with Gasteiger partial charge in [-0.3, -0.25) is 4.79 Å². The molecule has 0 fully saturated rings. The van der Waals surface area contributed by atoms with E-state index < -0.39 is 0 Å². The molecular weight excluding hydrogens is 256 g/mol. The van der Waals surface area contributed by atoms with Crippen LogP contribution in [0.1, 0.15) is 11.1 Å². The standard InChI is InChI=1S/C13H14N6O/c1-10-7-12(5-4-11(10)3-2-6-14)16-13(20)8-19-9-15-17-18-19/h4-5,7,9H,6,8,14H2,1H3,(H,16,20). The maximum absolute atomic E-state index is 11.8. The van der Waals surface area contributed by atoms with Crippen LogP contribution in [0.25, 0.3) is 0 Å². The largest absolute Gasteiger partial charge is 0.324 e. The normalized spacial score (nSPS) is 9.70. The van der Waals surface area contributed by atoms with Gasteiger partial charge in [0.25, 0.3) is 0 Å². The number of nitrogens with one attached hydrogen (secondary N) is 1. The van der Waals surface area contributed by atoms with Gasteiger partial charge in [0.1, 0.15) is 12.9 Å². The monoisotopic (exact) mass is 270 g/mol. The Kier molecular flexibility index (Phi) is 4.42. The van der Waals surface area contributed by atoms with Crippen LogP contribution in [-0.4, -0.2) is 32.7 Å². The maximum Gasteiger partial charge on any atom is 0.246 e. The van der Waals surface area contributed by atoms with E-state index in [0.29, 0.717) is 12.2 Å². The third kappa shape index (κ3) is 3.63. The molecule has 102 valence electrons. The van der Waals surface area contributed by atoms with Gasteiger partial charge in [0, 0.05) is 11.3 Å². The van der Waals surface area contributed by atoms with Crippen LogP contribution in [-0.2, 0) is 11.3 Å². The van der Waals surface area contributed by atoms with Crippen molar-refractivity contribution in [2.24, 2.45) is 5.73 Å². The number of carbonyl (C=O) groups is 1. The van der Waals surface area contributed by atoms with Crippen LogP contribution in [0.4, 0.5) is 5.69 Å². The molecule has 20 heavy (non-hydrogen) atoms. The van der Waals surface area contributed by atoms with Crippen molar-refractivity contribution in [2.45, 2.75) is 13.5 Å². The first-order valence-electron chi connectivity index (χ1n) is 5.99. The van der Waals surface area contributed by atoms with Gasteiger partial charge in [-0.1, -0.05) is 11.8 Å². The van der Waals surface area contributed by atoms with Crippen molar-refractivity contribution in [1.82, 2.24) is 20.2 Å². The molecule has 0 radical (unpaired) electrons. The average molecular weight is 270 g/mol. The van der Waals surface area contributed by atoms with Crippen LogP contribution in [0, 0.1) is 18.8 Å². The number of aryl methyl sites for hydroxylation is 1. The van der Waals surface area contributed by atoms with E-state index >= 15 is 0 Å². The third-order valence-electron chi connectivity index (χ3n) is 2.53. The highest BCUT2D eigenvalue weighted by Gasteiger charge is 2.05. The second kappa shape index (κ2) is 6.45. The van der Waals surface area contributed by atoms with Gasteiger partial charge in [-0.25, -0.2) is 4.68 Å². The molecule has 2 rings (SSSR count). The summed E-state index contributed by atoms with van der Waals surface area (Å²) in [6, 6.07) is 5.51. The number of aromatic nitrogens is 4.